The number of aryl methyl sites for hydroxylation is 1. The third-order valence-corrected chi connectivity index (χ3v) is 5.74. The molecule has 1 aliphatic rings. The van der Waals surface area contributed by atoms with Crippen molar-refractivity contribution in [3.8, 4) is 0 Å². The van der Waals surface area contributed by atoms with Gasteiger partial charge in [0, 0.05) is 43.6 Å². The molecule has 0 unspecified atom stereocenters. The van der Waals surface area contributed by atoms with Crippen LogP contribution < -0.4 is 5.32 Å². The fourth-order valence-corrected chi connectivity index (χ4v) is 3.98. The van der Waals surface area contributed by atoms with Crippen molar-refractivity contribution in [2.45, 2.75) is 25.8 Å². The van der Waals surface area contributed by atoms with Gasteiger partial charge in [-0.3, -0.25) is 19.5 Å². The van der Waals surface area contributed by atoms with Gasteiger partial charge in [-0.05, 0) is 44.7 Å². The van der Waals surface area contributed by atoms with Crippen LogP contribution in [0.2, 0.25) is 0 Å². The van der Waals surface area contributed by atoms with Crippen molar-refractivity contribution < 1.29 is 9.59 Å². The molecular weight excluding hydrogens is 416 g/mol. The molecule has 0 radical (unpaired) electrons. The summed E-state index contributed by atoms with van der Waals surface area (Å²) in [6.07, 6.45) is 4.15. The first-order chi connectivity index (χ1) is 16.0. The molecule has 33 heavy (non-hydrogen) atoms. The average molecular weight is 445 g/mol. The van der Waals surface area contributed by atoms with Crippen LogP contribution in [0.25, 0.3) is 0 Å². The molecule has 170 valence electrons. The van der Waals surface area contributed by atoms with Crippen LogP contribution in [0.1, 0.15) is 39.9 Å². The minimum Gasteiger partial charge on any atom is -0.341 e. The molecule has 2 amide bonds. The summed E-state index contributed by atoms with van der Waals surface area (Å²) in [5.74, 6) is 0.608. The maximum Gasteiger partial charge on any atom is 0.259 e. The highest BCUT2D eigenvalue weighted by Crippen LogP contribution is 2.25. The number of anilines is 1. The number of rotatable bonds is 7. The van der Waals surface area contributed by atoms with Gasteiger partial charge in [0.1, 0.15) is 5.82 Å². The first-order valence-electron chi connectivity index (χ1n) is 11.1. The molecule has 3 heterocycles. The third kappa shape index (κ3) is 5.78. The second-order valence-corrected chi connectivity index (χ2v) is 8.37. The molecule has 1 fully saturated rings. The van der Waals surface area contributed by atoms with E-state index in [0.717, 1.165) is 17.8 Å². The van der Waals surface area contributed by atoms with Gasteiger partial charge in [-0.1, -0.05) is 24.3 Å². The van der Waals surface area contributed by atoms with Crippen molar-refractivity contribution in [3.63, 3.8) is 0 Å². The summed E-state index contributed by atoms with van der Waals surface area (Å²) in [6.45, 7) is 4.04. The van der Waals surface area contributed by atoms with E-state index in [9.17, 15) is 9.59 Å². The molecule has 1 aliphatic heterocycles. The van der Waals surface area contributed by atoms with Gasteiger partial charge in [0.2, 0.25) is 5.91 Å². The number of pyridine rings is 1. The second-order valence-electron chi connectivity index (χ2n) is 8.37. The zero-order valence-electron chi connectivity index (χ0n) is 18.9. The normalized spacial score (nSPS) is 15.6. The number of hydrogen-bond donors (Lipinski definition) is 1. The number of para-hydroxylation sites is 1. The van der Waals surface area contributed by atoms with Crippen molar-refractivity contribution in [1.29, 1.82) is 0 Å². The number of benzene rings is 1. The Labute approximate surface area is 193 Å². The van der Waals surface area contributed by atoms with E-state index in [1.165, 1.54) is 0 Å². The van der Waals surface area contributed by atoms with E-state index in [2.05, 4.69) is 20.3 Å². The van der Waals surface area contributed by atoms with Gasteiger partial charge in [0.05, 0.1) is 23.5 Å². The van der Waals surface area contributed by atoms with E-state index in [4.69, 9.17) is 0 Å². The van der Waals surface area contributed by atoms with Crippen LogP contribution in [0.3, 0.4) is 0 Å². The number of carbonyl (C=O) groups is 2. The second kappa shape index (κ2) is 10.3. The summed E-state index contributed by atoms with van der Waals surface area (Å²) in [5.41, 5.74) is 2.74. The highest BCUT2D eigenvalue weighted by Gasteiger charge is 2.30. The Morgan fingerprint density at radius 2 is 1.91 bits per heavy atom. The maximum atomic E-state index is 12.8. The molecule has 1 saturated heterocycles. The van der Waals surface area contributed by atoms with Crippen LogP contribution in [-0.2, 0) is 11.3 Å². The number of nitrogens with zero attached hydrogens (tertiary/aromatic N) is 5. The summed E-state index contributed by atoms with van der Waals surface area (Å²) in [4.78, 5) is 42.6. The number of carbonyl (C=O) groups excluding carboxylic acids is 2. The molecule has 8 heteroatoms. The molecule has 0 spiro atoms. The molecule has 4 rings (SSSR count). The zero-order valence-corrected chi connectivity index (χ0v) is 18.9. The molecule has 1 atom stereocenters. The summed E-state index contributed by atoms with van der Waals surface area (Å²) < 4.78 is 0. The first-order valence-corrected chi connectivity index (χ1v) is 11.1. The van der Waals surface area contributed by atoms with Crippen LogP contribution in [0.5, 0.6) is 0 Å². The molecule has 0 saturated carbocycles. The minimum absolute atomic E-state index is 0.0694. The van der Waals surface area contributed by atoms with Crippen molar-refractivity contribution in [2.75, 3.05) is 32.0 Å². The predicted octanol–water partition coefficient (Wildman–Crippen LogP) is 2.88. The fourth-order valence-electron chi connectivity index (χ4n) is 3.98. The maximum absolute atomic E-state index is 12.8. The Hall–Kier alpha value is -3.65. The number of hydrogen-bond acceptors (Lipinski definition) is 6. The first kappa shape index (κ1) is 22.5. The van der Waals surface area contributed by atoms with Gasteiger partial charge in [-0.2, -0.15) is 0 Å². The quantitative estimate of drug-likeness (QED) is 0.603. The standard InChI is InChI=1S/C25H28N6O2/c1-18-22(25(33)29-20-8-4-3-5-9-20)14-27-24(28-18)19-11-13-31(15-19)23(32)17-30(2)16-21-10-6-7-12-26-21/h3-10,12,14,19H,11,13,15-17H2,1-2H3,(H,29,33)/t19-/m0/s1. The Morgan fingerprint density at radius 3 is 2.64 bits per heavy atom. The van der Waals surface area contributed by atoms with Crippen molar-refractivity contribution >= 4 is 17.5 Å². The summed E-state index contributed by atoms with van der Waals surface area (Å²) in [5, 5.41) is 2.86. The lowest BCUT2D eigenvalue weighted by Gasteiger charge is -2.21. The van der Waals surface area contributed by atoms with Crippen molar-refractivity contribution in [3.05, 3.63) is 83.7 Å². The number of aromatic nitrogens is 3. The highest BCUT2D eigenvalue weighted by atomic mass is 16.2. The minimum atomic E-state index is -0.232. The highest BCUT2D eigenvalue weighted by molar-refractivity contribution is 6.04. The van der Waals surface area contributed by atoms with Crippen LogP contribution in [-0.4, -0.2) is 63.2 Å². The monoisotopic (exact) mass is 444 g/mol. The van der Waals surface area contributed by atoms with E-state index in [0.29, 0.717) is 43.3 Å². The molecule has 3 aromatic rings. The Bertz CT molecular complexity index is 1110. The van der Waals surface area contributed by atoms with Gasteiger partial charge in [-0.15, -0.1) is 0 Å². The molecule has 0 bridgehead atoms. The van der Waals surface area contributed by atoms with Crippen LogP contribution in [0, 0.1) is 6.92 Å². The summed E-state index contributed by atoms with van der Waals surface area (Å²) in [6, 6.07) is 15.1. The predicted molar refractivity (Wildman–Crippen MR) is 126 cm³/mol. The molecule has 8 nitrogen and oxygen atoms in total. The summed E-state index contributed by atoms with van der Waals surface area (Å²) in [7, 11) is 1.92. The Kier molecular flexibility index (Phi) is 7.04. The Morgan fingerprint density at radius 1 is 1.12 bits per heavy atom. The van der Waals surface area contributed by atoms with Gasteiger partial charge in [-0.25, -0.2) is 9.97 Å². The zero-order chi connectivity index (χ0) is 23.2. The van der Waals surface area contributed by atoms with E-state index in [1.54, 1.807) is 12.4 Å². The lowest BCUT2D eigenvalue weighted by molar-refractivity contribution is -0.131. The smallest absolute Gasteiger partial charge is 0.259 e. The van der Waals surface area contributed by atoms with Gasteiger partial charge in [0.15, 0.2) is 0 Å². The van der Waals surface area contributed by atoms with Crippen molar-refractivity contribution in [1.82, 2.24) is 24.8 Å². The van der Waals surface area contributed by atoms with Crippen LogP contribution >= 0.6 is 0 Å². The van der Waals surface area contributed by atoms with Gasteiger partial charge in [0.25, 0.3) is 5.91 Å². The van der Waals surface area contributed by atoms with Crippen LogP contribution in [0.15, 0.2) is 60.9 Å². The third-order valence-electron chi connectivity index (χ3n) is 5.74. The number of likely N-dealkylation sites (tertiary alicyclic amines) is 1. The average Bonchev–Trinajstić information content (AvgIpc) is 3.31. The molecular formula is C25H28N6O2. The van der Waals surface area contributed by atoms with E-state index < -0.39 is 0 Å². The fraction of sp³-hybridized carbons (Fsp3) is 0.320. The van der Waals surface area contributed by atoms with E-state index in [-0.39, 0.29) is 17.7 Å². The number of likely N-dealkylation sites (N-methyl/N-ethyl adjacent to an activating group) is 1. The SMILES string of the molecule is Cc1nc([C@H]2CCN(C(=O)CN(C)Cc3ccccn3)C2)ncc1C(=O)Nc1ccccc1. The molecule has 0 aliphatic carbocycles. The largest absolute Gasteiger partial charge is 0.341 e. The van der Waals surface area contributed by atoms with E-state index in [1.807, 2.05) is 72.3 Å². The van der Waals surface area contributed by atoms with Crippen molar-refractivity contribution in [2.24, 2.45) is 0 Å². The molecule has 1 aromatic carbocycles. The molecule has 2 aromatic heterocycles. The topological polar surface area (TPSA) is 91.3 Å². The molecule has 1 N–H and O–H groups in total. The number of nitrogens with one attached hydrogen (secondary N) is 1. The van der Waals surface area contributed by atoms with Gasteiger partial charge < -0.3 is 10.2 Å². The lowest BCUT2D eigenvalue weighted by atomic mass is 10.1. The van der Waals surface area contributed by atoms with Gasteiger partial charge >= 0.3 is 0 Å². The summed E-state index contributed by atoms with van der Waals surface area (Å²) >= 11 is 0. The lowest BCUT2D eigenvalue weighted by Crippen LogP contribution is -2.37. The van der Waals surface area contributed by atoms with Crippen LogP contribution in [0.4, 0.5) is 5.69 Å². The number of amides is 2. The van der Waals surface area contributed by atoms with E-state index >= 15 is 0 Å². The Balaban J connectivity index is 1.33.